The molecule has 0 bridgehead atoms. The van der Waals surface area contributed by atoms with Crippen molar-refractivity contribution in [3.8, 4) is 0 Å². The number of hydrogen-bond acceptors (Lipinski definition) is 3. The summed E-state index contributed by atoms with van der Waals surface area (Å²) < 4.78 is 18.4. The van der Waals surface area contributed by atoms with E-state index in [1.54, 1.807) is 50.5 Å². The minimum atomic E-state index is -1.02. The number of esters is 1. The lowest BCUT2D eigenvalue weighted by atomic mass is 10.1. The number of nitrogens with zero attached hydrogens (tertiary/aromatic N) is 1. The minimum absolute atomic E-state index is 0.339. The second kappa shape index (κ2) is 8.06. The Kier molecular flexibility index (Phi) is 5.84. The summed E-state index contributed by atoms with van der Waals surface area (Å²) in [6.07, 6.45) is 1.59. The van der Waals surface area contributed by atoms with Gasteiger partial charge in [-0.1, -0.05) is 42.5 Å². The lowest BCUT2D eigenvalue weighted by Gasteiger charge is -2.20. The van der Waals surface area contributed by atoms with E-state index >= 15 is 0 Å². The first kappa shape index (κ1) is 17.4. The topological polar surface area (TPSA) is 46.6 Å². The number of carbonyl (C=O) groups is 2. The van der Waals surface area contributed by atoms with Crippen LogP contribution in [0.3, 0.4) is 0 Å². The molecule has 24 heavy (non-hydrogen) atoms. The quantitative estimate of drug-likeness (QED) is 0.626. The predicted molar refractivity (Wildman–Crippen MR) is 89.4 cm³/mol. The highest BCUT2D eigenvalue weighted by molar-refractivity contribution is 5.90. The Labute approximate surface area is 140 Å². The van der Waals surface area contributed by atoms with Gasteiger partial charge in [-0.3, -0.25) is 4.79 Å². The van der Waals surface area contributed by atoms with E-state index < -0.39 is 17.9 Å². The van der Waals surface area contributed by atoms with Crippen LogP contribution in [0.1, 0.15) is 17.2 Å². The van der Waals surface area contributed by atoms with Gasteiger partial charge in [0.25, 0.3) is 5.91 Å². The predicted octanol–water partition coefficient (Wildman–Crippen LogP) is 3.21. The molecule has 124 valence electrons. The van der Waals surface area contributed by atoms with Crippen LogP contribution in [-0.4, -0.2) is 30.9 Å². The molecular weight excluding hydrogens is 309 g/mol. The van der Waals surface area contributed by atoms with E-state index in [2.05, 4.69) is 0 Å². The Morgan fingerprint density at radius 3 is 2.42 bits per heavy atom. The summed E-state index contributed by atoms with van der Waals surface area (Å²) in [5.41, 5.74) is 1.12. The van der Waals surface area contributed by atoms with Crippen molar-refractivity contribution in [3.05, 3.63) is 77.6 Å². The fraction of sp³-hybridized carbons (Fsp3) is 0.158. The number of carbonyl (C=O) groups excluding carboxylic acids is 2. The summed E-state index contributed by atoms with van der Waals surface area (Å²) in [4.78, 5) is 25.7. The van der Waals surface area contributed by atoms with Crippen LogP contribution < -0.4 is 0 Å². The molecule has 4 nitrogen and oxygen atoms in total. The summed E-state index contributed by atoms with van der Waals surface area (Å²) in [6, 6.07) is 14.6. The Morgan fingerprint density at radius 1 is 1.08 bits per heavy atom. The molecule has 1 atom stereocenters. The van der Waals surface area contributed by atoms with Crippen molar-refractivity contribution >= 4 is 18.0 Å². The molecule has 2 rings (SSSR count). The van der Waals surface area contributed by atoms with E-state index in [1.807, 2.05) is 6.07 Å². The van der Waals surface area contributed by atoms with Gasteiger partial charge in [0.2, 0.25) is 6.10 Å². The summed E-state index contributed by atoms with van der Waals surface area (Å²) >= 11 is 0. The Bertz CT molecular complexity index is 741. The first-order chi connectivity index (χ1) is 11.5. The second-order valence-electron chi connectivity index (χ2n) is 5.35. The molecule has 0 fully saturated rings. The molecular formula is C19H18FNO3. The zero-order chi connectivity index (χ0) is 17.5. The Hall–Kier alpha value is -2.95. The number of amides is 1. The van der Waals surface area contributed by atoms with Gasteiger partial charge in [-0.05, 0) is 23.8 Å². The third-order valence-corrected chi connectivity index (χ3v) is 3.26. The summed E-state index contributed by atoms with van der Waals surface area (Å²) in [5.74, 6) is -1.41. The van der Waals surface area contributed by atoms with Crippen molar-refractivity contribution in [1.82, 2.24) is 4.90 Å². The van der Waals surface area contributed by atoms with Crippen LogP contribution in [0.4, 0.5) is 4.39 Å². The molecule has 0 aliphatic carbocycles. The Balaban J connectivity index is 2.14. The third kappa shape index (κ3) is 4.78. The molecule has 2 aromatic rings. The number of benzene rings is 2. The maximum absolute atomic E-state index is 13.1. The van der Waals surface area contributed by atoms with Crippen molar-refractivity contribution in [1.29, 1.82) is 0 Å². The molecule has 2 aromatic carbocycles. The molecule has 0 aromatic heterocycles. The normalized spacial score (nSPS) is 12.0. The van der Waals surface area contributed by atoms with Gasteiger partial charge in [0, 0.05) is 25.7 Å². The van der Waals surface area contributed by atoms with Gasteiger partial charge in [-0.15, -0.1) is 0 Å². The Morgan fingerprint density at radius 2 is 1.79 bits per heavy atom. The standard InChI is InChI=1S/C19H18FNO3/c1-21(2)19(23)18(15-8-4-3-5-9-15)24-17(22)12-11-14-7-6-10-16(20)13-14/h3-13,18H,1-2H3/b12-11+/t18-/m0/s1. The SMILES string of the molecule is CN(C)C(=O)[C@@H](OC(=O)/C=C/c1cccc(F)c1)c1ccccc1. The highest BCUT2D eigenvalue weighted by Gasteiger charge is 2.25. The van der Waals surface area contributed by atoms with Crippen LogP contribution >= 0.6 is 0 Å². The van der Waals surface area contributed by atoms with Crippen molar-refractivity contribution in [2.75, 3.05) is 14.1 Å². The van der Waals surface area contributed by atoms with Gasteiger partial charge in [0.15, 0.2) is 0 Å². The van der Waals surface area contributed by atoms with E-state index in [0.717, 1.165) is 0 Å². The molecule has 0 aliphatic heterocycles. The maximum atomic E-state index is 13.1. The molecule has 1 amide bonds. The number of hydrogen-bond donors (Lipinski definition) is 0. The van der Waals surface area contributed by atoms with E-state index in [0.29, 0.717) is 11.1 Å². The van der Waals surface area contributed by atoms with E-state index in [-0.39, 0.29) is 5.91 Å². The van der Waals surface area contributed by atoms with Crippen LogP contribution in [0.5, 0.6) is 0 Å². The maximum Gasteiger partial charge on any atom is 0.331 e. The fourth-order valence-electron chi connectivity index (χ4n) is 2.05. The van der Waals surface area contributed by atoms with Gasteiger partial charge in [-0.25, -0.2) is 9.18 Å². The molecule has 0 unspecified atom stereocenters. The largest absolute Gasteiger partial charge is 0.444 e. The van der Waals surface area contributed by atoms with Gasteiger partial charge >= 0.3 is 5.97 Å². The van der Waals surface area contributed by atoms with Crippen LogP contribution in [0.2, 0.25) is 0 Å². The molecule has 0 radical (unpaired) electrons. The van der Waals surface area contributed by atoms with Crippen molar-refractivity contribution in [3.63, 3.8) is 0 Å². The molecule has 0 saturated carbocycles. The van der Waals surface area contributed by atoms with Crippen LogP contribution in [0.15, 0.2) is 60.7 Å². The number of ether oxygens (including phenoxy) is 1. The van der Waals surface area contributed by atoms with Crippen molar-refractivity contribution in [2.24, 2.45) is 0 Å². The summed E-state index contributed by atoms with van der Waals surface area (Å²) in [6.45, 7) is 0. The number of halogens is 1. The van der Waals surface area contributed by atoms with Crippen LogP contribution in [0.25, 0.3) is 6.08 Å². The molecule has 0 spiro atoms. The highest BCUT2D eigenvalue weighted by atomic mass is 19.1. The summed E-state index contributed by atoms with van der Waals surface area (Å²) in [5, 5.41) is 0. The first-order valence-corrected chi connectivity index (χ1v) is 7.38. The van der Waals surface area contributed by atoms with E-state index in [9.17, 15) is 14.0 Å². The monoisotopic (exact) mass is 327 g/mol. The zero-order valence-electron chi connectivity index (χ0n) is 13.5. The van der Waals surface area contributed by atoms with Crippen molar-refractivity contribution in [2.45, 2.75) is 6.10 Å². The smallest absolute Gasteiger partial charge is 0.331 e. The lowest BCUT2D eigenvalue weighted by Crippen LogP contribution is -2.30. The summed E-state index contributed by atoms with van der Waals surface area (Å²) in [7, 11) is 3.18. The second-order valence-corrected chi connectivity index (χ2v) is 5.35. The highest BCUT2D eigenvalue weighted by Crippen LogP contribution is 2.20. The minimum Gasteiger partial charge on any atom is -0.444 e. The van der Waals surface area contributed by atoms with Crippen molar-refractivity contribution < 1.29 is 18.7 Å². The van der Waals surface area contributed by atoms with Gasteiger partial charge in [0.1, 0.15) is 5.82 Å². The van der Waals surface area contributed by atoms with Gasteiger partial charge in [0.05, 0.1) is 0 Å². The molecule has 0 heterocycles. The van der Waals surface area contributed by atoms with E-state index in [1.165, 1.54) is 29.2 Å². The number of rotatable bonds is 5. The molecule has 0 saturated heterocycles. The lowest BCUT2D eigenvalue weighted by molar-refractivity contribution is -0.155. The average molecular weight is 327 g/mol. The molecule has 5 heteroatoms. The molecule has 0 aliphatic rings. The molecule has 0 N–H and O–H groups in total. The zero-order valence-corrected chi connectivity index (χ0v) is 13.5. The van der Waals surface area contributed by atoms with Gasteiger partial charge in [-0.2, -0.15) is 0 Å². The van der Waals surface area contributed by atoms with E-state index in [4.69, 9.17) is 4.74 Å². The van der Waals surface area contributed by atoms with Gasteiger partial charge < -0.3 is 9.64 Å². The van der Waals surface area contributed by atoms with Crippen LogP contribution in [0, 0.1) is 5.82 Å². The fourth-order valence-corrected chi connectivity index (χ4v) is 2.05. The third-order valence-electron chi connectivity index (χ3n) is 3.26. The van der Waals surface area contributed by atoms with Crippen LogP contribution in [-0.2, 0) is 14.3 Å². The average Bonchev–Trinajstić information content (AvgIpc) is 2.58. The number of likely N-dealkylation sites (N-methyl/N-ethyl adjacent to an activating group) is 1. The first-order valence-electron chi connectivity index (χ1n) is 7.38.